The van der Waals surface area contributed by atoms with Gasteiger partial charge in [0.15, 0.2) is 0 Å². The van der Waals surface area contributed by atoms with Crippen LogP contribution in [0.3, 0.4) is 0 Å². The lowest BCUT2D eigenvalue weighted by Crippen LogP contribution is -2.50. The Labute approximate surface area is 154 Å². The molecule has 24 heavy (non-hydrogen) atoms. The molecule has 1 N–H and O–H groups in total. The Morgan fingerprint density at radius 3 is 2.42 bits per heavy atom. The second kappa shape index (κ2) is 7.90. The van der Waals surface area contributed by atoms with Crippen LogP contribution in [0.1, 0.15) is 18.4 Å². The first kappa shape index (κ1) is 18.4. The predicted molar refractivity (Wildman–Crippen MR) is 98.1 cm³/mol. The molecule has 1 aromatic rings. The maximum atomic E-state index is 9.86. The van der Waals surface area contributed by atoms with Crippen LogP contribution in [-0.4, -0.2) is 74.0 Å². The van der Waals surface area contributed by atoms with Crippen molar-refractivity contribution in [3.05, 3.63) is 33.8 Å². The molecule has 0 amide bonds. The number of rotatable bonds is 7. The number of aliphatic hydroxyl groups excluding tert-OH is 1. The van der Waals surface area contributed by atoms with Gasteiger partial charge in [-0.3, -0.25) is 9.80 Å². The Bertz CT molecular complexity index is 558. The molecule has 1 heterocycles. The molecular weight excluding hydrogens is 347 g/mol. The van der Waals surface area contributed by atoms with Crippen molar-refractivity contribution in [2.45, 2.75) is 24.4 Å². The zero-order chi connectivity index (χ0) is 17.2. The van der Waals surface area contributed by atoms with Gasteiger partial charge in [0.2, 0.25) is 0 Å². The van der Waals surface area contributed by atoms with E-state index < -0.39 is 6.10 Å². The Hall–Kier alpha value is -0.360. The molecule has 1 aliphatic heterocycles. The van der Waals surface area contributed by atoms with Crippen molar-refractivity contribution >= 4 is 23.2 Å². The molecular formula is C18H26Cl2N2O2. The van der Waals surface area contributed by atoms with Gasteiger partial charge in [-0.2, -0.15) is 0 Å². The van der Waals surface area contributed by atoms with Crippen LogP contribution >= 0.6 is 23.2 Å². The van der Waals surface area contributed by atoms with Crippen LogP contribution in [0.2, 0.25) is 10.0 Å². The van der Waals surface area contributed by atoms with Gasteiger partial charge in [0.1, 0.15) is 0 Å². The number of β-amino-alcohol motifs (C(OH)–C–C–N with tert-alkyl or cyclic N) is 1. The molecule has 134 valence electrons. The van der Waals surface area contributed by atoms with Crippen LogP contribution in [0, 0.1) is 0 Å². The van der Waals surface area contributed by atoms with Crippen molar-refractivity contribution in [1.82, 2.24) is 9.80 Å². The number of ether oxygens (including phenoxy) is 1. The molecule has 1 saturated carbocycles. The van der Waals surface area contributed by atoms with E-state index in [1.54, 1.807) is 7.11 Å². The van der Waals surface area contributed by atoms with E-state index in [4.69, 9.17) is 27.9 Å². The number of halogens is 2. The van der Waals surface area contributed by atoms with Crippen LogP contribution in [0.15, 0.2) is 18.2 Å². The quantitative estimate of drug-likeness (QED) is 0.797. The molecule has 0 aromatic heterocycles. The summed E-state index contributed by atoms with van der Waals surface area (Å²) in [7, 11) is 1.62. The summed E-state index contributed by atoms with van der Waals surface area (Å²) in [5.74, 6) is 0. The number of piperazine rings is 1. The highest BCUT2D eigenvalue weighted by molar-refractivity contribution is 6.35. The third-order valence-electron chi connectivity index (χ3n) is 5.18. The fourth-order valence-electron chi connectivity index (χ4n) is 3.68. The molecule has 0 radical (unpaired) electrons. The van der Waals surface area contributed by atoms with Crippen molar-refractivity contribution in [2.75, 3.05) is 53.0 Å². The molecule has 1 aromatic carbocycles. The second-order valence-corrected chi connectivity index (χ2v) is 7.93. The average molecular weight is 373 g/mol. The largest absolute Gasteiger partial charge is 0.389 e. The third kappa shape index (κ3) is 4.43. The van der Waals surface area contributed by atoms with E-state index in [1.807, 2.05) is 12.1 Å². The fraction of sp³-hybridized carbons (Fsp3) is 0.667. The highest BCUT2D eigenvalue weighted by Crippen LogP contribution is 2.51. The Balaban J connectivity index is 1.53. The van der Waals surface area contributed by atoms with E-state index in [2.05, 4.69) is 15.9 Å². The van der Waals surface area contributed by atoms with Crippen LogP contribution in [-0.2, 0) is 10.2 Å². The highest BCUT2D eigenvalue weighted by Gasteiger charge is 2.46. The van der Waals surface area contributed by atoms with E-state index in [0.29, 0.717) is 18.2 Å². The average Bonchev–Trinajstić information content (AvgIpc) is 3.30. The summed E-state index contributed by atoms with van der Waals surface area (Å²) in [6.45, 7) is 6.20. The molecule has 1 saturated heterocycles. The molecule has 0 spiro atoms. The van der Waals surface area contributed by atoms with Crippen LogP contribution in [0.4, 0.5) is 0 Å². The van der Waals surface area contributed by atoms with Crippen LogP contribution in [0.5, 0.6) is 0 Å². The van der Waals surface area contributed by atoms with Crippen LogP contribution in [0.25, 0.3) is 0 Å². The van der Waals surface area contributed by atoms with Gasteiger partial charge in [0.25, 0.3) is 0 Å². The first-order valence-electron chi connectivity index (χ1n) is 8.60. The predicted octanol–water partition coefficient (Wildman–Crippen LogP) is 2.65. The summed E-state index contributed by atoms with van der Waals surface area (Å²) in [5, 5.41) is 11.3. The number of hydrogen-bond donors (Lipinski definition) is 1. The monoisotopic (exact) mass is 372 g/mol. The maximum Gasteiger partial charge on any atom is 0.0900 e. The summed E-state index contributed by atoms with van der Waals surface area (Å²) in [5.41, 5.74) is 1.45. The van der Waals surface area contributed by atoms with Gasteiger partial charge in [-0.1, -0.05) is 29.3 Å². The Morgan fingerprint density at radius 1 is 1.17 bits per heavy atom. The summed E-state index contributed by atoms with van der Waals surface area (Å²) in [4.78, 5) is 4.84. The van der Waals surface area contributed by atoms with Crippen molar-refractivity contribution < 1.29 is 9.84 Å². The minimum atomic E-state index is -0.399. The third-order valence-corrected chi connectivity index (χ3v) is 5.72. The van der Waals surface area contributed by atoms with Crippen molar-refractivity contribution in [3.63, 3.8) is 0 Å². The zero-order valence-corrected chi connectivity index (χ0v) is 15.7. The normalized spacial score (nSPS) is 22.5. The van der Waals surface area contributed by atoms with E-state index >= 15 is 0 Å². The summed E-state index contributed by atoms with van der Waals surface area (Å²) in [6, 6.07) is 5.89. The van der Waals surface area contributed by atoms with Gasteiger partial charge in [0.05, 0.1) is 12.7 Å². The summed E-state index contributed by atoms with van der Waals surface area (Å²) < 4.78 is 5.00. The van der Waals surface area contributed by atoms with Crippen LogP contribution < -0.4 is 0 Å². The van der Waals surface area contributed by atoms with Gasteiger partial charge < -0.3 is 9.84 Å². The lowest BCUT2D eigenvalue weighted by atomic mass is 9.95. The highest BCUT2D eigenvalue weighted by atomic mass is 35.5. The standard InChI is InChI=1S/C18H26Cl2N2O2/c1-24-12-15(23)11-21-6-8-22(9-7-21)13-18(4-5-18)16-3-2-14(19)10-17(16)20/h2-3,10,15,23H,4-9,11-13H2,1H3/t15-/m1/s1. The Kier molecular flexibility index (Phi) is 6.07. The van der Waals surface area contributed by atoms with Crippen molar-refractivity contribution in [1.29, 1.82) is 0 Å². The fourth-order valence-corrected chi connectivity index (χ4v) is 4.29. The lowest BCUT2D eigenvalue weighted by molar-refractivity contribution is 0.0229. The number of nitrogens with zero attached hydrogens (tertiary/aromatic N) is 2. The molecule has 1 atom stereocenters. The first-order chi connectivity index (χ1) is 11.5. The molecule has 1 aliphatic carbocycles. The van der Waals surface area contributed by atoms with Crippen molar-refractivity contribution in [2.24, 2.45) is 0 Å². The molecule has 2 fully saturated rings. The van der Waals surface area contributed by atoms with E-state index in [0.717, 1.165) is 37.7 Å². The Morgan fingerprint density at radius 2 is 1.83 bits per heavy atom. The minimum absolute atomic E-state index is 0.208. The first-order valence-corrected chi connectivity index (χ1v) is 9.35. The smallest absolute Gasteiger partial charge is 0.0900 e. The molecule has 3 rings (SSSR count). The van der Waals surface area contributed by atoms with Gasteiger partial charge in [-0.15, -0.1) is 0 Å². The van der Waals surface area contributed by atoms with E-state index in [1.165, 1.54) is 18.4 Å². The van der Waals surface area contributed by atoms with Crippen molar-refractivity contribution in [3.8, 4) is 0 Å². The minimum Gasteiger partial charge on any atom is -0.389 e. The molecule has 6 heteroatoms. The molecule has 2 aliphatic rings. The van der Waals surface area contributed by atoms with E-state index in [9.17, 15) is 5.11 Å². The van der Waals surface area contributed by atoms with Gasteiger partial charge in [0, 0.05) is 61.8 Å². The van der Waals surface area contributed by atoms with Gasteiger partial charge in [-0.05, 0) is 30.5 Å². The number of methoxy groups -OCH3 is 1. The van der Waals surface area contributed by atoms with Gasteiger partial charge in [-0.25, -0.2) is 0 Å². The number of hydrogen-bond acceptors (Lipinski definition) is 4. The molecule has 4 nitrogen and oxygen atoms in total. The van der Waals surface area contributed by atoms with E-state index in [-0.39, 0.29) is 5.41 Å². The molecule has 0 unspecified atom stereocenters. The summed E-state index contributed by atoms with van der Waals surface area (Å²) >= 11 is 12.5. The van der Waals surface area contributed by atoms with Gasteiger partial charge >= 0.3 is 0 Å². The second-order valence-electron chi connectivity index (χ2n) is 7.09. The summed E-state index contributed by atoms with van der Waals surface area (Å²) in [6.07, 6.45) is 1.99. The lowest BCUT2D eigenvalue weighted by Gasteiger charge is -2.37. The maximum absolute atomic E-state index is 9.86. The zero-order valence-electron chi connectivity index (χ0n) is 14.2. The molecule has 0 bridgehead atoms. The SMILES string of the molecule is COC[C@H](O)CN1CCN(CC2(c3ccc(Cl)cc3Cl)CC2)CC1. The number of benzene rings is 1. The topological polar surface area (TPSA) is 35.9 Å². The number of aliphatic hydroxyl groups is 1.